The summed E-state index contributed by atoms with van der Waals surface area (Å²) in [5, 5.41) is 3.39. The molecule has 1 fully saturated rings. The van der Waals surface area contributed by atoms with Crippen molar-refractivity contribution in [3.8, 4) is 0 Å². The molecule has 0 aliphatic heterocycles. The van der Waals surface area contributed by atoms with Gasteiger partial charge in [0.25, 0.3) is 0 Å². The van der Waals surface area contributed by atoms with Crippen LogP contribution in [-0.2, 0) is 0 Å². The molecule has 1 rings (SSSR count). The van der Waals surface area contributed by atoms with Gasteiger partial charge in [0.1, 0.15) is 0 Å². The molecule has 0 radical (unpaired) electrons. The normalized spacial score (nSPS) is 32.1. The Hall–Kier alpha value is -0.300. The van der Waals surface area contributed by atoms with Crippen molar-refractivity contribution in [1.29, 1.82) is 0 Å². The Morgan fingerprint density at radius 3 is 3.00 bits per heavy atom. The lowest BCUT2D eigenvalue weighted by molar-refractivity contribution is 0.661. The number of rotatable bonds is 4. The van der Waals surface area contributed by atoms with Crippen LogP contribution in [-0.4, -0.2) is 12.6 Å². The largest absolute Gasteiger partial charge is 0.310 e. The fourth-order valence-corrected chi connectivity index (χ4v) is 1.18. The second-order valence-electron chi connectivity index (χ2n) is 2.71. The Balaban J connectivity index is 1.98. The molecular weight excluding hydrogens is 110 g/mol. The van der Waals surface area contributed by atoms with Crippen molar-refractivity contribution in [1.82, 2.24) is 5.32 Å². The summed E-state index contributed by atoms with van der Waals surface area (Å²) in [6.07, 6.45) is 4.63. The maximum absolute atomic E-state index is 3.65. The molecule has 1 heteroatoms. The van der Waals surface area contributed by atoms with E-state index in [1.54, 1.807) is 0 Å². The molecule has 0 saturated heterocycles. The van der Waals surface area contributed by atoms with Gasteiger partial charge in [0.2, 0.25) is 0 Å². The van der Waals surface area contributed by atoms with E-state index in [0.29, 0.717) is 0 Å². The summed E-state index contributed by atoms with van der Waals surface area (Å²) < 4.78 is 0. The van der Waals surface area contributed by atoms with Gasteiger partial charge in [0.05, 0.1) is 0 Å². The molecule has 0 aromatic carbocycles. The molecule has 1 aliphatic carbocycles. The summed E-state index contributed by atoms with van der Waals surface area (Å²) in [5.74, 6) is 0.963. The average Bonchev–Trinajstić information content (AvgIpc) is 2.62. The van der Waals surface area contributed by atoms with E-state index in [2.05, 4.69) is 18.8 Å². The van der Waals surface area contributed by atoms with Gasteiger partial charge in [0.15, 0.2) is 0 Å². The summed E-state index contributed by atoms with van der Waals surface area (Å²) in [4.78, 5) is 0. The van der Waals surface area contributed by atoms with E-state index in [9.17, 15) is 0 Å². The Morgan fingerprint density at radius 2 is 2.56 bits per heavy atom. The van der Waals surface area contributed by atoms with Crippen molar-refractivity contribution in [3.63, 3.8) is 0 Å². The minimum Gasteiger partial charge on any atom is -0.310 e. The van der Waals surface area contributed by atoms with E-state index >= 15 is 0 Å². The molecule has 1 aliphatic rings. The quantitative estimate of drug-likeness (QED) is 0.562. The number of hydrogen-bond donors (Lipinski definition) is 1. The van der Waals surface area contributed by atoms with Gasteiger partial charge in [-0.1, -0.05) is 19.4 Å². The molecule has 0 aromatic heterocycles. The average molecular weight is 125 g/mol. The molecule has 1 nitrogen and oxygen atoms in total. The molecule has 2 unspecified atom stereocenters. The molecule has 0 spiro atoms. The van der Waals surface area contributed by atoms with Crippen LogP contribution >= 0.6 is 0 Å². The van der Waals surface area contributed by atoms with Crippen LogP contribution in [0.2, 0.25) is 0 Å². The third-order valence-corrected chi connectivity index (χ3v) is 1.97. The minimum atomic E-state index is 0.813. The van der Waals surface area contributed by atoms with Crippen molar-refractivity contribution in [2.75, 3.05) is 6.54 Å². The standard InChI is InChI=1S/C8H15N/c1-3-5-9-8-6-7(8)4-2/h3,7-9H,1,4-6H2,2H3. The highest BCUT2D eigenvalue weighted by Gasteiger charge is 2.33. The van der Waals surface area contributed by atoms with Gasteiger partial charge in [-0.2, -0.15) is 0 Å². The Morgan fingerprint density at radius 1 is 1.78 bits per heavy atom. The van der Waals surface area contributed by atoms with Crippen LogP contribution < -0.4 is 5.32 Å². The molecule has 52 valence electrons. The molecule has 2 atom stereocenters. The maximum atomic E-state index is 3.65. The van der Waals surface area contributed by atoms with Crippen molar-refractivity contribution in [2.45, 2.75) is 25.8 Å². The van der Waals surface area contributed by atoms with E-state index in [-0.39, 0.29) is 0 Å². The zero-order chi connectivity index (χ0) is 6.69. The molecule has 0 aromatic rings. The zero-order valence-electron chi connectivity index (χ0n) is 6.06. The number of hydrogen-bond acceptors (Lipinski definition) is 1. The van der Waals surface area contributed by atoms with Gasteiger partial charge in [0, 0.05) is 12.6 Å². The number of nitrogens with one attached hydrogen (secondary N) is 1. The zero-order valence-corrected chi connectivity index (χ0v) is 6.06. The molecule has 0 bridgehead atoms. The van der Waals surface area contributed by atoms with Crippen LogP contribution in [0.25, 0.3) is 0 Å². The lowest BCUT2D eigenvalue weighted by atomic mass is 10.3. The first-order chi connectivity index (χ1) is 4.38. The van der Waals surface area contributed by atoms with Crippen LogP contribution in [0.1, 0.15) is 19.8 Å². The summed E-state index contributed by atoms with van der Waals surface area (Å²) in [6.45, 7) is 6.87. The Labute approximate surface area is 57.1 Å². The first-order valence-electron chi connectivity index (χ1n) is 3.72. The fraction of sp³-hybridized carbons (Fsp3) is 0.750. The highest BCUT2D eigenvalue weighted by atomic mass is 15.0. The molecular formula is C8H15N. The monoisotopic (exact) mass is 125 g/mol. The van der Waals surface area contributed by atoms with Gasteiger partial charge in [-0.15, -0.1) is 6.58 Å². The van der Waals surface area contributed by atoms with E-state index in [4.69, 9.17) is 0 Å². The second-order valence-corrected chi connectivity index (χ2v) is 2.71. The van der Waals surface area contributed by atoms with Crippen molar-refractivity contribution in [3.05, 3.63) is 12.7 Å². The molecule has 1 N–H and O–H groups in total. The van der Waals surface area contributed by atoms with Gasteiger partial charge >= 0.3 is 0 Å². The van der Waals surface area contributed by atoms with E-state index in [1.165, 1.54) is 12.8 Å². The summed E-state index contributed by atoms with van der Waals surface area (Å²) >= 11 is 0. The summed E-state index contributed by atoms with van der Waals surface area (Å²) in [6, 6.07) is 0.813. The summed E-state index contributed by atoms with van der Waals surface area (Å²) in [7, 11) is 0. The van der Waals surface area contributed by atoms with Crippen LogP contribution in [0.4, 0.5) is 0 Å². The molecule has 9 heavy (non-hydrogen) atoms. The van der Waals surface area contributed by atoms with Crippen molar-refractivity contribution in [2.24, 2.45) is 5.92 Å². The van der Waals surface area contributed by atoms with Crippen molar-refractivity contribution >= 4 is 0 Å². The van der Waals surface area contributed by atoms with Gasteiger partial charge < -0.3 is 5.32 Å². The van der Waals surface area contributed by atoms with E-state index in [1.807, 2.05) is 6.08 Å². The topological polar surface area (TPSA) is 12.0 Å². The highest BCUT2D eigenvalue weighted by Crippen LogP contribution is 2.32. The van der Waals surface area contributed by atoms with Crippen molar-refractivity contribution < 1.29 is 0 Å². The van der Waals surface area contributed by atoms with Crippen LogP contribution in [0, 0.1) is 5.92 Å². The van der Waals surface area contributed by atoms with E-state index < -0.39 is 0 Å². The van der Waals surface area contributed by atoms with E-state index in [0.717, 1.165) is 18.5 Å². The van der Waals surface area contributed by atoms with Gasteiger partial charge in [-0.3, -0.25) is 0 Å². The van der Waals surface area contributed by atoms with Gasteiger partial charge in [-0.25, -0.2) is 0 Å². The van der Waals surface area contributed by atoms with Crippen LogP contribution in [0.15, 0.2) is 12.7 Å². The lowest BCUT2D eigenvalue weighted by Crippen LogP contribution is -2.17. The minimum absolute atomic E-state index is 0.813. The molecule has 0 heterocycles. The highest BCUT2D eigenvalue weighted by molar-refractivity contribution is 4.93. The first-order valence-corrected chi connectivity index (χ1v) is 3.72. The Kier molecular flexibility index (Phi) is 2.29. The Bertz CT molecular complexity index is 98.7. The predicted octanol–water partition coefficient (Wildman–Crippen LogP) is 1.56. The smallest absolute Gasteiger partial charge is 0.0134 e. The maximum Gasteiger partial charge on any atom is 0.0134 e. The second kappa shape index (κ2) is 3.02. The SMILES string of the molecule is C=CCNC1CC1CC. The predicted molar refractivity (Wildman–Crippen MR) is 40.4 cm³/mol. The lowest BCUT2D eigenvalue weighted by Gasteiger charge is -1.95. The van der Waals surface area contributed by atoms with Crippen LogP contribution in [0.5, 0.6) is 0 Å². The first kappa shape index (κ1) is 6.81. The third-order valence-electron chi connectivity index (χ3n) is 1.97. The third kappa shape index (κ3) is 1.83. The fourth-order valence-electron chi connectivity index (χ4n) is 1.18. The molecule has 1 saturated carbocycles. The summed E-state index contributed by atoms with van der Waals surface area (Å²) in [5.41, 5.74) is 0. The molecule has 0 amide bonds. The van der Waals surface area contributed by atoms with Crippen LogP contribution in [0.3, 0.4) is 0 Å². The van der Waals surface area contributed by atoms with Gasteiger partial charge in [-0.05, 0) is 12.3 Å².